The molecule has 0 spiro atoms. The molecule has 1 rings (SSSR count). The number of para-hydroxylation sites is 1. The van der Waals surface area contributed by atoms with Crippen molar-refractivity contribution < 1.29 is 9.66 Å². The number of nitro benzene ring substituents is 1. The van der Waals surface area contributed by atoms with Gasteiger partial charge in [0.2, 0.25) is 0 Å². The molecule has 1 unspecified atom stereocenters. The maximum absolute atomic E-state index is 10.9. The Labute approximate surface area is 101 Å². The first-order valence-corrected chi connectivity index (χ1v) is 5.65. The number of anilines is 1. The van der Waals surface area contributed by atoms with Crippen molar-refractivity contribution in [2.24, 2.45) is 0 Å². The first-order valence-electron chi connectivity index (χ1n) is 5.65. The number of ether oxygens (including phenoxy) is 1. The molecule has 94 valence electrons. The smallest absolute Gasteiger partial charge is 0.292 e. The van der Waals surface area contributed by atoms with Gasteiger partial charge in [-0.05, 0) is 26.3 Å². The molecule has 0 amide bonds. The molecule has 0 radical (unpaired) electrons. The fourth-order valence-corrected chi connectivity index (χ4v) is 1.62. The number of aryl methyl sites for hydroxylation is 1. The summed E-state index contributed by atoms with van der Waals surface area (Å²) in [4.78, 5) is 10.5. The molecule has 0 aliphatic carbocycles. The van der Waals surface area contributed by atoms with Gasteiger partial charge in [-0.2, -0.15) is 0 Å². The van der Waals surface area contributed by atoms with Gasteiger partial charge in [0.05, 0.1) is 11.0 Å². The molecule has 0 aliphatic heterocycles. The molecular weight excluding hydrogens is 220 g/mol. The van der Waals surface area contributed by atoms with Crippen LogP contribution in [-0.2, 0) is 4.74 Å². The zero-order chi connectivity index (χ0) is 12.8. The molecule has 17 heavy (non-hydrogen) atoms. The van der Waals surface area contributed by atoms with E-state index in [0.717, 1.165) is 5.56 Å². The van der Waals surface area contributed by atoms with Gasteiger partial charge >= 0.3 is 0 Å². The summed E-state index contributed by atoms with van der Waals surface area (Å²) in [5.41, 5.74) is 1.54. The molecule has 1 N–H and O–H groups in total. The van der Waals surface area contributed by atoms with Gasteiger partial charge in [0.1, 0.15) is 5.69 Å². The van der Waals surface area contributed by atoms with Crippen LogP contribution in [0.2, 0.25) is 0 Å². The van der Waals surface area contributed by atoms with E-state index in [1.165, 1.54) is 6.07 Å². The SMILES string of the molecule is CCOC(C)CNc1c(C)cccc1[N+](=O)[O-]. The predicted octanol–water partition coefficient (Wildman–Crippen LogP) is 2.74. The highest BCUT2D eigenvalue weighted by atomic mass is 16.6. The van der Waals surface area contributed by atoms with Crippen molar-refractivity contribution in [3.63, 3.8) is 0 Å². The maximum atomic E-state index is 10.9. The lowest BCUT2D eigenvalue weighted by molar-refractivity contribution is -0.384. The highest BCUT2D eigenvalue weighted by molar-refractivity contribution is 5.65. The summed E-state index contributed by atoms with van der Waals surface area (Å²) in [7, 11) is 0. The van der Waals surface area contributed by atoms with Crippen LogP contribution in [0, 0.1) is 17.0 Å². The molecule has 5 heteroatoms. The normalized spacial score (nSPS) is 12.2. The van der Waals surface area contributed by atoms with Crippen LogP contribution in [0.1, 0.15) is 19.4 Å². The Morgan fingerprint density at radius 2 is 2.24 bits per heavy atom. The van der Waals surface area contributed by atoms with E-state index in [4.69, 9.17) is 4.74 Å². The Morgan fingerprint density at radius 1 is 1.53 bits per heavy atom. The second-order valence-corrected chi connectivity index (χ2v) is 3.87. The molecule has 5 nitrogen and oxygen atoms in total. The van der Waals surface area contributed by atoms with E-state index >= 15 is 0 Å². The van der Waals surface area contributed by atoms with Gasteiger partial charge in [-0.1, -0.05) is 12.1 Å². The average Bonchev–Trinajstić information content (AvgIpc) is 2.27. The van der Waals surface area contributed by atoms with E-state index in [0.29, 0.717) is 18.8 Å². The van der Waals surface area contributed by atoms with Gasteiger partial charge in [-0.15, -0.1) is 0 Å². The number of nitrogens with zero attached hydrogens (tertiary/aromatic N) is 1. The molecule has 0 aromatic heterocycles. The monoisotopic (exact) mass is 238 g/mol. The fraction of sp³-hybridized carbons (Fsp3) is 0.500. The van der Waals surface area contributed by atoms with Crippen molar-refractivity contribution in [1.29, 1.82) is 0 Å². The Kier molecular flexibility index (Phi) is 4.90. The minimum atomic E-state index is -0.374. The van der Waals surface area contributed by atoms with E-state index < -0.39 is 0 Å². The third-order valence-corrected chi connectivity index (χ3v) is 2.46. The second-order valence-electron chi connectivity index (χ2n) is 3.87. The van der Waals surface area contributed by atoms with Crippen molar-refractivity contribution >= 4 is 11.4 Å². The topological polar surface area (TPSA) is 64.4 Å². The lowest BCUT2D eigenvalue weighted by Gasteiger charge is -2.14. The number of nitrogens with one attached hydrogen (secondary N) is 1. The molecule has 0 saturated carbocycles. The number of hydrogen-bond acceptors (Lipinski definition) is 4. The van der Waals surface area contributed by atoms with Crippen LogP contribution in [0.4, 0.5) is 11.4 Å². The first-order chi connectivity index (χ1) is 8.06. The Balaban J connectivity index is 2.79. The quantitative estimate of drug-likeness (QED) is 0.611. The van der Waals surface area contributed by atoms with E-state index in [-0.39, 0.29) is 16.7 Å². The van der Waals surface area contributed by atoms with Gasteiger partial charge in [0.25, 0.3) is 5.69 Å². The predicted molar refractivity (Wildman–Crippen MR) is 67.4 cm³/mol. The van der Waals surface area contributed by atoms with Crippen LogP contribution >= 0.6 is 0 Å². The van der Waals surface area contributed by atoms with Crippen molar-refractivity contribution in [3.8, 4) is 0 Å². The van der Waals surface area contributed by atoms with Gasteiger partial charge in [-0.3, -0.25) is 10.1 Å². The number of benzene rings is 1. The second kappa shape index (κ2) is 6.20. The third-order valence-electron chi connectivity index (χ3n) is 2.46. The average molecular weight is 238 g/mol. The summed E-state index contributed by atoms with van der Waals surface area (Å²) in [6.07, 6.45) is 0.0270. The number of nitro groups is 1. The minimum Gasteiger partial charge on any atom is -0.377 e. The third kappa shape index (κ3) is 3.71. The summed E-state index contributed by atoms with van der Waals surface area (Å²) in [5.74, 6) is 0. The summed E-state index contributed by atoms with van der Waals surface area (Å²) >= 11 is 0. The van der Waals surface area contributed by atoms with Crippen LogP contribution in [0.5, 0.6) is 0 Å². The zero-order valence-corrected chi connectivity index (χ0v) is 10.4. The summed E-state index contributed by atoms with van der Waals surface area (Å²) in [6.45, 7) is 6.90. The highest BCUT2D eigenvalue weighted by Gasteiger charge is 2.15. The van der Waals surface area contributed by atoms with Crippen molar-refractivity contribution in [3.05, 3.63) is 33.9 Å². The lowest BCUT2D eigenvalue weighted by atomic mass is 10.1. The molecule has 0 heterocycles. The Bertz CT molecular complexity index is 393. The Hall–Kier alpha value is -1.62. The number of rotatable bonds is 6. The van der Waals surface area contributed by atoms with Crippen LogP contribution in [-0.4, -0.2) is 24.2 Å². The molecule has 0 aliphatic rings. The molecule has 0 saturated heterocycles. The standard InChI is InChI=1S/C12H18N2O3/c1-4-17-10(3)8-13-12-9(2)6-5-7-11(12)14(15)16/h5-7,10,13H,4,8H2,1-3H3. The van der Waals surface area contributed by atoms with Crippen LogP contribution < -0.4 is 5.32 Å². The molecule has 0 bridgehead atoms. The molecule has 1 aromatic carbocycles. The molecule has 1 atom stereocenters. The number of hydrogen-bond donors (Lipinski definition) is 1. The van der Waals surface area contributed by atoms with E-state index in [1.54, 1.807) is 6.07 Å². The van der Waals surface area contributed by atoms with Crippen LogP contribution in [0.3, 0.4) is 0 Å². The van der Waals surface area contributed by atoms with E-state index in [1.807, 2.05) is 26.8 Å². The van der Waals surface area contributed by atoms with Gasteiger partial charge in [0.15, 0.2) is 0 Å². The van der Waals surface area contributed by atoms with E-state index in [2.05, 4.69) is 5.32 Å². The fourth-order valence-electron chi connectivity index (χ4n) is 1.62. The van der Waals surface area contributed by atoms with Crippen LogP contribution in [0.25, 0.3) is 0 Å². The maximum Gasteiger partial charge on any atom is 0.292 e. The van der Waals surface area contributed by atoms with E-state index in [9.17, 15) is 10.1 Å². The van der Waals surface area contributed by atoms with Crippen molar-refractivity contribution in [1.82, 2.24) is 0 Å². The molecule has 1 aromatic rings. The largest absolute Gasteiger partial charge is 0.377 e. The van der Waals surface area contributed by atoms with Gasteiger partial charge in [-0.25, -0.2) is 0 Å². The van der Waals surface area contributed by atoms with Crippen molar-refractivity contribution in [2.75, 3.05) is 18.5 Å². The Morgan fingerprint density at radius 3 is 2.82 bits per heavy atom. The van der Waals surface area contributed by atoms with Crippen molar-refractivity contribution in [2.45, 2.75) is 26.9 Å². The molecular formula is C12H18N2O3. The van der Waals surface area contributed by atoms with Crippen LogP contribution in [0.15, 0.2) is 18.2 Å². The lowest BCUT2D eigenvalue weighted by Crippen LogP contribution is -2.20. The summed E-state index contributed by atoms with van der Waals surface area (Å²) < 4.78 is 5.37. The van der Waals surface area contributed by atoms with Gasteiger partial charge in [0, 0.05) is 19.2 Å². The highest BCUT2D eigenvalue weighted by Crippen LogP contribution is 2.27. The summed E-state index contributed by atoms with van der Waals surface area (Å²) in [5, 5.41) is 14.0. The minimum absolute atomic E-state index is 0.0270. The first kappa shape index (κ1) is 13.4. The zero-order valence-electron chi connectivity index (χ0n) is 10.4. The van der Waals surface area contributed by atoms with Gasteiger partial charge < -0.3 is 10.1 Å². The summed E-state index contributed by atoms with van der Waals surface area (Å²) in [6, 6.07) is 5.03. The molecule has 0 fully saturated rings.